The molecule has 0 amide bonds. The Labute approximate surface area is 232 Å². The number of esters is 2. The summed E-state index contributed by atoms with van der Waals surface area (Å²) in [5, 5.41) is 39.8. The number of phosphoric acid groups is 1. The van der Waals surface area contributed by atoms with Crippen LogP contribution in [-0.2, 0) is 37.4 Å². The van der Waals surface area contributed by atoms with Crippen molar-refractivity contribution in [3.8, 4) is 6.01 Å². The van der Waals surface area contributed by atoms with E-state index in [9.17, 15) is 34.4 Å². The van der Waals surface area contributed by atoms with Crippen LogP contribution in [0.2, 0.25) is 0 Å². The Kier molecular flexibility index (Phi) is 9.07. The zero-order chi connectivity index (χ0) is 26.4. The Bertz CT molecular complexity index is 1190. The van der Waals surface area contributed by atoms with Crippen LogP contribution in [0.25, 0.3) is 0 Å². The van der Waals surface area contributed by atoms with Gasteiger partial charge in [-0.3, -0.25) is 19.3 Å². The van der Waals surface area contributed by atoms with Crippen molar-refractivity contribution in [1.82, 2.24) is 9.55 Å². The monoisotopic (exact) mass is 553 g/mol. The van der Waals surface area contributed by atoms with Crippen LogP contribution < -0.4 is 40.2 Å². The van der Waals surface area contributed by atoms with Gasteiger partial charge in [0.15, 0.2) is 6.23 Å². The van der Waals surface area contributed by atoms with Gasteiger partial charge >= 0.3 is 49.3 Å². The summed E-state index contributed by atoms with van der Waals surface area (Å²) in [7, 11) is -2.40. The molecular weight excluding hydrogens is 528 g/mol. The quantitative estimate of drug-likeness (QED) is 0.128. The normalized spacial score (nSPS) is 33.5. The Morgan fingerprint density at radius 2 is 1.95 bits per heavy atom. The minimum Gasteiger partial charge on any atom is -0.846 e. The number of aliphatic hydroxyl groups is 2. The number of hydrogen-bond acceptors (Lipinski definition) is 13. The number of methoxy groups -OCH3 is 2. The van der Waals surface area contributed by atoms with Gasteiger partial charge in [0.05, 0.1) is 39.0 Å². The molecule has 1 unspecified atom stereocenters. The van der Waals surface area contributed by atoms with E-state index in [0.29, 0.717) is 6.42 Å². The molecule has 0 bridgehead atoms. The minimum atomic E-state index is -4.74. The maximum Gasteiger partial charge on any atom is 1.00 e. The van der Waals surface area contributed by atoms with Crippen molar-refractivity contribution in [2.45, 2.75) is 31.0 Å². The number of aromatic nitrogens is 2. The van der Waals surface area contributed by atoms with Crippen LogP contribution in [0.15, 0.2) is 23.9 Å². The fourth-order valence-corrected chi connectivity index (χ4v) is 5.73. The average Bonchev–Trinajstić information content (AvgIpc) is 3.15. The van der Waals surface area contributed by atoms with Crippen molar-refractivity contribution >= 4 is 19.8 Å². The summed E-state index contributed by atoms with van der Waals surface area (Å²) in [5.74, 6) is -2.40. The van der Waals surface area contributed by atoms with Crippen molar-refractivity contribution in [1.29, 1.82) is 5.41 Å². The topological polar surface area (TPSA) is 223 Å². The third-order valence-corrected chi connectivity index (χ3v) is 7.71. The predicted octanol–water partition coefficient (Wildman–Crippen LogP) is -4.90. The summed E-state index contributed by atoms with van der Waals surface area (Å²) < 4.78 is 38.3. The molecule has 1 aromatic heterocycles. The Morgan fingerprint density at radius 1 is 1.27 bits per heavy atom. The molecule has 1 saturated heterocycles. The van der Waals surface area contributed by atoms with Crippen LogP contribution in [-0.4, -0.2) is 82.3 Å². The zero-order valence-electron chi connectivity index (χ0n) is 20.2. The first-order valence-corrected chi connectivity index (χ1v) is 12.3. The van der Waals surface area contributed by atoms with Gasteiger partial charge < -0.3 is 39.0 Å². The predicted molar refractivity (Wildman–Crippen MR) is 111 cm³/mol. The van der Waals surface area contributed by atoms with Crippen molar-refractivity contribution in [2.24, 2.45) is 17.3 Å². The first kappa shape index (κ1) is 29.9. The molecule has 1 aromatic rings. The second-order valence-electron chi connectivity index (χ2n) is 8.53. The molecule has 2 heterocycles. The molecular formula is C20H25N3NaO12P. The minimum absolute atomic E-state index is 0. The van der Waals surface area contributed by atoms with Gasteiger partial charge in [-0.05, 0) is 18.4 Å². The number of hydrogen-bond donors (Lipinski definition) is 4. The van der Waals surface area contributed by atoms with E-state index in [2.05, 4.69) is 4.98 Å². The summed E-state index contributed by atoms with van der Waals surface area (Å²) in [6.07, 6.45) is -2.80. The van der Waals surface area contributed by atoms with Gasteiger partial charge in [-0.25, -0.2) is 14.3 Å². The van der Waals surface area contributed by atoms with E-state index in [1.54, 1.807) is 6.08 Å². The molecule has 37 heavy (non-hydrogen) atoms. The number of phosphoric ester groups is 1. The van der Waals surface area contributed by atoms with Gasteiger partial charge in [0.1, 0.15) is 29.2 Å². The molecule has 2 aliphatic carbocycles. The maximum absolute atomic E-state index is 12.5. The molecule has 1 aliphatic heterocycles. The molecule has 0 aromatic carbocycles. The second kappa shape index (κ2) is 11.2. The maximum atomic E-state index is 12.5. The molecule has 198 valence electrons. The molecule has 0 spiro atoms. The molecule has 3 aliphatic rings. The number of fused-ring (bicyclic) bond motifs is 1. The van der Waals surface area contributed by atoms with E-state index in [4.69, 9.17) is 28.7 Å². The summed E-state index contributed by atoms with van der Waals surface area (Å²) in [5.41, 5.74) is -1.53. The van der Waals surface area contributed by atoms with E-state index >= 15 is 0 Å². The van der Waals surface area contributed by atoms with Crippen molar-refractivity contribution in [2.75, 3.05) is 27.4 Å². The molecule has 8 atom stereocenters. The number of carbonyl (C=O) groups excluding carboxylic acids is 2. The first-order chi connectivity index (χ1) is 17.0. The van der Waals surface area contributed by atoms with Crippen molar-refractivity contribution in [3.63, 3.8) is 0 Å². The van der Waals surface area contributed by atoms with E-state index in [1.807, 2.05) is 0 Å². The summed E-state index contributed by atoms with van der Waals surface area (Å²) >= 11 is 0. The fourth-order valence-electron chi connectivity index (χ4n) is 4.98. The largest absolute Gasteiger partial charge is 1.00 e. The number of nitrogens with zero attached hydrogens (tertiary/aromatic N) is 2. The number of aliphatic hydroxyl groups excluding tert-OH is 2. The van der Waals surface area contributed by atoms with E-state index in [0.717, 1.165) is 17.9 Å². The van der Waals surface area contributed by atoms with Crippen molar-refractivity contribution in [3.05, 3.63) is 29.4 Å². The first-order valence-electron chi connectivity index (χ1n) is 10.8. The smallest absolute Gasteiger partial charge is 0.846 e. The summed E-state index contributed by atoms with van der Waals surface area (Å²) in [6, 6.07) is 0.282. The Hall–Kier alpha value is -1.65. The fraction of sp³-hybridized carbons (Fsp3) is 0.600. The van der Waals surface area contributed by atoms with Crippen LogP contribution >= 0.6 is 7.82 Å². The van der Waals surface area contributed by atoms with Gasteiger partial charge in [-0.1, -0.05) is 6.08 Å². The van der Waals surface area contributed by atoms with Crippen LogP contribution in [0.5, 0.6) is 6.01 Å². The summed E-state index contributed by atoms with van der Waals surface area (Å²) in [4.78, 5) is 38.2. The van der Waals surface area contributed by atoms with Crippen LogP contribution in [0.1, 0.15) is 12.6 Å². The third-order valence-electron chi connectivity index (χ3n) is 6.76. The second-order valence-corrected chi connectivity index (χ2v) is 9.98. The molecule has 1 saturated carbocycles. The Balaban J connectivity index is 0.00000380. The number of carbonyl (C=O) groups is 2. The summed E-state index contributed by atoms with van der Waals surface area (Å²) in [6.45, 7) is -1.10. The van der Waals surface area contributed by atoms with Crippen LogP contribution in [0.3, 0.4) is 0 Å². The van der Waals surface area contributed by atoms with Gasteiger partial charge in [-0.15, -0.1) is 0 Å². The molecule has 4 N–H and O–H groups in total. The van der Waals surface area contributed by atoms with Gasteiger partial charge in [-0.2, -0.15) is 0 Å². The molecule has 0 radical (unpaired) electrons. The van der Waals surface area contributed by atoms with Gasteiger partial charge in [0, 0.05) is 12.1 Å². The van der Waals surface area contributed by atoms with Gasteiger partial charge in [0.2, 0.25) is 0 Å². The zero-order valence-corrected chi connectivity index (χ0v) is 23.1. The van der Waals surface area contributed by atoms with Crippen LogP contribution in [0.4, 0.5) is 0 Å². The molecule has 15 nitrogen and oxygen atoms in total. The van der Waals surface area contributed by atoms with Crippen LogP contribution in [0, 0.1) is 22.7 Å². The number of rotatable bonds is 9. The Morgan fingerprint density at radius 3 is 2.57 bits per heavy atom. The van der Waals surface area contributed by atoms with E-state index < -0.39 is 74.9 Å². The van der Waals surface area contributed by atoms with E-state index in [-0.39, 0.29) is 46.5 Å². The van der Waals surface area contributed by atoms with Crippen molar-refractivity contribution < 1.29 is 87.2 Å². The average molecular weight is 553 g/mol. The molecule has 4 rings (SSSR count). The molecule has 2 fully saturated rings. The molecule has 17 heteroatoms. The number of allylic oxidation sites excluding steroid dienone is 1. The van der Waals surface area contributed by atoms with E-state index in [1.165, 1.54) is 13.2 Å². The standard InChI is InChI=1S/C20H26N3O12P.Na/c1-31-17(26)10-4-3-9-11(20(9,10)18(27)32-2)7-33-36(29,30)34-8-12-14(24)15(25)16(35-12)23-6-5-13(21)22-19(23)28;/h4-6,9,11-12,14-16,24-25H,3,7-8H2,1-2H3,(H,29,30)(H2,21,22,28);/q;+1/p-1/t9-,11+,12+,14+,15+,16+,20-;/m0./s1. The third kappa shape index (κ3) is 5.30. The number of nitrogens with one attached hydrogen (secondary N) is 1. The SMILES string of the molecule is COC(=O)C1=CC[C@H]2[C@@H](COP(=O)(O)OC[C@H]3O[C@@H](n4ccc(=N)nc4[O-])[C@H](O)[C@@H]3O)[C@@]12C(=O)OC.[Na+]. The number of ether oxygens (including phenoxy) is 3. The van der Waals surface area contributed by atoms with Gasteiger partial charge in [0.25, 0.3) is 0 Å².